The van der Waals surface area contributed by atoms with Crippen molar-refractivity contribution in [3.63, 3.8) is 0 Å². The molecule has 0 saturated heterocycles. The largest absolute Gasteiger partial charge is 0.469 e. The number of carbonyl (C=O) groups excluding carboxylic acids is 3. The van der Waals surface area contributed by atoms with E-state index in [1.807, 2.05) is 41.5 Å². The molecule has 0 aliphatic heterocycles. The van der Waals surface area contributed by atoms with E-state index in [0.29, 0.717) is 19.8 Å². The summed E-state index contributed by atoms with van der Waals surface area (Å²) in [4.78, 5) is 33.9. The Morgan fingerprint density at radius 2 is 0.894 bits per heavy atom. The van der Waals surface area contributed by atoms with Crippen LogP contribution in [0.5, 0.6) is 0 Å². The van der Waals surface area contributed by atoms with E-state index in [4.69, 9.17) is 18.9 Å². The highest BCUT2D eigenvalue weighted by Crippen LogP contribution is 2.26. The number of rotatable bonds is 27. The third-order valence-electron chi connectivity index (χ3n) is 7.35. The van der Waals surface area contributed by atoms with Gasteiger partial charge in [0, 0.05) is 37.1 Å². The van der Waals surface area contributed by atoms with Crippen LogP contribution >= 0.6 is 31.9 Å². The first-order chi connectivity index (χ1) is 22.3. The number of alkyl halides is 2. The lowest BCUT2D eigenvalue weighted by Crippen LogP contribution is -2.27. The quantitative estimate of drug-likeness (QED) is 0.0351. The van der Waals surface area contributed by atoms with Crippen molar-refractivity contribution in [1.82, 2.24) is 0 Å². The Labute approximate surface area is 306 Å². The molecule has 0 heterocycles. The summed E-state index contributed by atoms with van der Waals surface area (Å²) < 4.78 is 25.7. The predicted molar refractivity (Wildman–Crippen MR) is 202 cm³/mol. The van der Waals surface area contributed by atoms with Gasteiger partial charge in [-0.2, -0.15) is 0 Å². The fraction of sp³-hybridized carbons (Fsp3) is 0.919. The fourth-order valence-corrected chi connectivity index (χ4v) is 4.96. The summed E-state index contributed by atoms with van der Waals surface area (Å²) in [5.41, 5.74) is -0.812. The van der Waals surface area contributed by atoms with Gasteiger partial charge in [-0.25, -0.2) is 0 Å². The molecule has 0 radical (unpaired) electrons. The number of halogens is 2. The molecule has 0 unspecified atom stereocenters. The maximum absolute atomic E-state index is 11.8. The van der Waals surface area contributed by atoms with E-state index in [1.54, 1.807) is 13.8 Å². The van der Waals surface area contributed by atoms with Crippen LogP contribution in [0.25, 0.3) is 0 Å². The van der Waals surface area contributed by atoms with Crippen molar-refractivity contribution in [2.45, 2.75) is 145 Å². The number of hydrogen-bond acceptors (Lipinski definition) is 8. The molecule has 0 rings (SSSR count). The Morgan fingerprint density at radius 1 is 0.553 bits per heavy atom. The number of hydrogen-bond donors (Lipinski definition) is 0. The van der Waals surface area contributed by atoms with Crippen molar-refractivity contribution < 1.29 is 38.1 Å². The minimum Gasteiger partial charge on any atom is -0.469 e. The van der Waals surface area contributed by atoms with Crippen LogP contribution in [0.3, 0.4) is 0 Å². The Balaban J connectivity index is -0.000000793. The van der Waals surface area contributed by atoms with Crippen molar-refractivity contribution in [3.8, 4) is 0 Å². The lowest BCUT2D eigenvalue weighted by atomic mass is 9.87. The van der Waals surface area contributed by atoms with Crippen LogP contribution in [0.4, 0.5) is 0 Å². The van der Waals surface area contributed by atoms with Gasteiger partial charge in [0.15, 0.2) is 0 Å². The molecule has 0 saturated carbocycles. The summed E-state index contributed by atoms with van der Waals surface area (Å²) in [7, 11) is 1.39. The van der Waals surface area contributed by atoms with Crippen molar-refractivity contribution in [3.05, 3.63) is 0 Å². The molecule has 0 aliphatic carbocycles. The molecule has 0 fully saturated rings. The highest BCUT2D eigenvalue weighted by atomic mass is 79.9. The molecule has 8 nitrogen and oxygen atoms in total. The minimum atomic E-state index is -0.434. The second-order valence-corrected chi connectivity index (χ2v) is 14.8. The van der Waals surface area contributed by atoms with Crippen LogP contribution in [-0.2, 0) is 38.1 Å². The Bertz CT molecular complexity index is 681. The molecule has 282 valence electrons. The minimum absolute atomic E-state index is 0.00463. The molecule has 0 amide bonds. The van der Waals surface area contributed by atoms with Gasteiger partial charge in [0.05, 0.1) is 37.1 Å². The van der Waals surface area contributed by atoms with Gasteiger partial charge in [-0.3, -0.25) is 14.4 Å². The summed E-state index contributed by atoms with van der Waals surface area (Å²) in [5, 5.41) is 2.25. The summed E-state index contributed by atoms with van der Waals surface area (Å²) >= 11 is 6.83. The first-order valence-corrected chi connectivity index (χ1v) is 20.2. The van der Waals surface area contributed by atoms with Crippen LogP contribution in [0.2, 0.25) is 0 Å². The zero-order valence-electron chi connectivity index (χ0n) is 31.7. The molecule has 0 aromatic rings. The van der Waals surface area contributed by atoms with Crippen LogP contribution in [-0.4, -0.2) is 75.3 Å². The number of methoxy groups -OCH3 is 1. The number of ether oxygens (including phenoxy) is 5. The van der Waals surface area contributed by atoms with Crippen LogP contribution < -0.4 is 0 Å². The van der Waals surface area contributed by atoms with Crippen molar-refractivity contribution in [2.24, 2.45) is 16.7 Å². The normalized spacial score (nSPS) is 11.2. The monoisotopic (exact) mass is 802 g/mol. The molecule has 47 heavy (non-hydrogen) atoms. The van der Waals surface area contributed by atoms with Crippen LogP contribution in [0.1, 0.15) is 145 Å². The fourth-order valence-electron chi connectivity index (χ4n) is 4.17. The Hall–Kier alpha value is -0.710. The molecular weight excluding hydrogens is 732 g/mol. The highest BCUT2D eigenvalue weighted by molar-refractivity contribution is 9.09. The molecule has 10 heteroatoms. The lowest BCUT2D eigenvalue weighted by Gasteiger charge is -2.22. The van der Waals surface area contributed by atoms with Crippen molar-refractivity contribution in [2.75, 3.05) is 57.4 Å². The topological polar surface area (TPSA) is 97.4 Å². The van der Waals surface area contributed by atoms with E-state index in [2.05, 4.69) is 36.6 Å². The van der Waals surface area contributed by atoms with Crippen LogP contribution in [0, 0.1) is 16.7 Å². The van der Waals surface area contributed by atoms with E-state index in [0.717, 1.165) is 81.8 Å². The number of unbranched alkanes of at least 4 members (excludes halogenated alkanes) is 8. The molecule has 0 spiro atoms. The second-order valence-electron chi connectivity index (χ2n) is 13.2. The van der Waals surface area contributed by atoms with E-state index < -0.39 is 5.41 Å². The number of carbonyl (C=O) groups is 3. The average molecular weight is 805 g/mol. The lowest BCUT2D eigenvalue weighted by molar-refractivity contribution is -0.154. The van der Waals surface area contributed by atoms with Gasteiger partial charge >= 0.3 is 17.9 Å². The SMILES string of the molecule is BrCCCCCOCCCCCBr.CCOC(=O)C(C)(C)CCCCCCCOCCCC(C)(C)C(=O)OCC.COC(=O)C(C)C. The van der Waals surface area contributed by atoms with Crippen molar-refractivity contribution >= 4 is 49.8 Å². The molecule has 0 aromatic carbocycles. The predicted octanol–water partition coefficient (Wildman–Crippen LogP) is 10.3. The molecule has 0 atom stereocenters. The van der Waals surface area contributed by atoms with Crippen molar-refractivity contribution in [1.29, 1.82) is 0 Å². The van der Waals surface area contributed by atoms with Gasteiger partial charge in [0.2, 0.25) is 0 Å². The molecule has 0 N–H and O–H groups in total. The van der Waals surface area contributed by atoms with Gasteiger partial charge in [-0.05, 0) is 92.9 Å². The van der Waals surface area contributed by atoms with E-state index in [-0.39, 0.29) is 29.2 Å². The first kappa shape index (κ1) is 50.7. The summed E-state index contributed by atoms with van der Waals surface area (Å²) in [6.07, 6.45) is 15.6. The molecule has 0 bridgehead atoms. The summed E-state index contributed by atoms with van der Waals surface area (Å²) in [5.74, 6) is -0.370. The smallest absolute Gasteiger partial charge is 0.311 e. The third-order valence-corrected chi connectivity index (χ3v) is 8.48. The Kier molecular flexibility index (Phi) is 37.9. The molecular formula is C37H72Br2O8. The maximum Gasteiger partial charge on any atom is 0.311 e. The number of esters is 3. The van der Waals surface area contributed by atoms with Gasteiger partial charge in [0.25, 0.3) is 0 Å². The average Bonchev–Trinajstić information content (AvgIpc) is 3.03. The Morgan fingerprint density at radius 3 is 1.23 bits per heavy atom. The summed E-state index contributed by atoms with van der Waals surface area (Å²) in [6, 6.07) is 0. The van der Waals surface area contributed by atoms with Gasteiger partial charge < -0.3 is 23.7 Å². The summed E-state index contributed by atoms with van der Waals surface area (Å²) in [6.45, 7) is 19.3. The van der Waals surface area contributed by atoms with E-state index >= 15 is 0 Å². The first-order valence-electron chi connectivity index (χ1n) is 18.0. The molecule has 0 aromatic heterocycles. The van der Waals surface area contributed by atoms with Gasteiger partial charge in [-0.15, -0.1) is 0 Å². The maximum atomic E-state index is 11.8. The zero-order chi connectivity index (χ0) is 36.4. The zero-order valence-corrected chi connectivity index (χ0v) is 34.8. The van der Waals surface area contributed by atoms with Crippen LogP contribution in [0.15, 0.2) is 0 Å². The third kappa shape index (κ3) is 34.9. The molecule has 0 aliphatic rings. The standard InChI is InChI=1S/C22H42O5.C10H20Br2O.C5H10O2/c1-7-26-19(23)21(3,4)15-12-10-9-11-13-17-25-18-14-16-22(5,6)20(24)27-8-2;11-7-3-1-5-9-13-10-6-2-4-8-12;1-4(2)5(6)7-3/h7-18H2,1-6H3;1-10H2;4H,1-3H3. The van der Waals surface area contributed by atoms with Gasteiger partial charge in [0.1, 0.15) is 0 Å². The highest BCUT2D eigenvalue weighted by Gasteiger charge is 2.29. The van der Waals surface area contributed by atoms with E-state index in [9.17, 15) is 14.4 Å². The second kappa shape index (κ2) is 35.1. The van der Waals surface area contributed by atoms with E-state index in [1.165, 1.54) is 45.6 Å². The van der Waals surface area contributed by atoms with Gasteiger partial charge in [-0.1, -0.05) is 84.2 Å².